The maximum absolute atomic E-state index is 13.4. The molecule has 1 atom stereocenters. The maximum Gasteiger partial charge on any atom is 0.244 e. The molecule has 0 radical (unpaired) electrons. The summed E-state index contributed by atoms with van der Waals surface area (Å²) in [6.45, 7) is 3.28. The van der Waals surface area contributed by atoms with Crippen LogP contribution in [-0.2, 0) is 26.2 Å². The van der Waals surface area contributed by atoms with Crippen LogP contribution >= 0.6 is 0 Å². The molecule has 3 rings (SSSR count). The van der Waals surface area contributed by atoms with Crippen LogP contribution in [0.1, 0.15) is 18.1 Å². The van der Waals surface area contributed by atoms with Crippen molar-refractivity contribution in [3.8, 4) is 11.5 Å². The number of carbonyl (C=O) groups is 2. The molecule has 0 aliphatic carbocycles. The molecule has 1 unspecified atom stereocenters. The molecule has 0 saturated carbocycles. The van der Waals surface area contributed by atoms with E-state index in [9.17, 15) is 18.0 Å². The second-order valence-electron chi connectivity index (χ2n) is 8.48. The molecule has 0 aliphatic heterocycles. The number of rotatable bonds is 10. The first-order chi connectivity index (χ1) is 17.1. The fraction of sp³-hybridized carbons (Fsp3) is 0.259. The number of ether oxygens (including phenoxy) is 1. The Morgan fingerprint density at radius 3 is 2.06 bits per heavy atom. The van der Waals surface area contributed by atoms with Crippen molar-refractivity contribution in [1.29, 1.82) is 0 Å². The molecule has 1 N–H and O–H groups in total. The Hall–Kier alpha value is -3.85. The second-order valence-corrected chi connectivity index (χ2v) is 10.4. The maximum atomic E-state index is 13.4. The lowest BCUT2D eigenvalue weighted by molar-refractivity contribution is -0.139. The van der Waals surface area contributed by atoms with Crippen LogP contribution < -0.4 is 14.4 Å². The van der Waals surface area contributed by atoms with Crippen LogP contribution in [0.3, 0.4) is 0 Å². The van der Waals surface area contributed by atoms with Crippen molar-refractivity contribution in [1.82, 2.24) is 10.2 Å². The van der Waals surface area contributed by atoms with Gasteiger partial charge in [0.1, 0.15) is 24.1 Å². The van der Waals surface area contributed by atoms with Crippen LogP contribution in [0.5, 0.6) is 11.5 Å². The summed E-state index contributed by atoms with van der Waals surface area (Å²) < 4.78 is 32.1. The number of hydrogen-bond donors (Lipinski definition) is 1. The predicted octanol–water partition coefficient (Wildman–Crippen LogP) is 3.72. The molecule has 9 heteroatoms. The van der Waals surface area contributed by atoms with Crippen LogP contribution in [-0.4, -0.2) is 51.0 Å². The van der Waals surface area contributed by atoms with Gasteiger partial charge in [-0.15, -0.1) is 0 Å². The topological polar surface area (TPSA) is 96.0 Å². The van der Waals surface area contributed by atoms with Crippen molar-refractivity contribution in [3.05, 3.63) is 90.0 Å². The highest BCUT2D eigenvalue weighted by atomic mass is 32.2. The minimum absolute atomic E-state index is 0.162. The highest BCUT2D eigenvalue weighted by Gasteiger charge is 2.29. The Morgan fingerprint density at radius 1 is 0.917 bits per heavy atom. The molecular weight excluding hydrogens is 478 g/mol. The Kier molecular flexibility index (Phi) is 8.71. The summed E-state index contributed by atoms with van der Waals surface area (Å²) in [5.41, 5.74) is 2.21. The number of likely N-dealkylation sites (N-methyl/N-ethyl adjacent to an activating group) is 1. The molecule has 2 amide bonds. The summed E-state index contributed by atoms with van der Waals surface area (Å²) in [6, 6.07) is 22.5. The Balaban J connectivity index is 1.84. The SMILES string of the molecule is CNC(=O)C(C)N(Cc1ccc(C)cc1)C(=O)CN(c1ccc(Oc2ccccc2)cc1)S(C)(=O)=O. The molecule has 0 saturated heterocycles. The molecule has 0 aromatic heterocycles. The molecule has 0 aliphatic rings. The molecule has 0 spiro atoms. The summed E-state index contributed by atoms with van der Waals surface area (Å²) in [4.78, 5) is 27.2. The highest BCUT2D eigenvalue weighted by Crippen LogP contribution is 2.26. The van der Waals surface area contributed by atoms with E-state index in [0.29, 0.717) is 17.2 Å². The predicted molar refractivity (Wildman–Crippen MR) is 140 cm³/mol. The van der Waals surface area contributed by atoms with Gasteiger partial charge < -0.3 is 15.0 Å². The zero-order valence-corrected chi connectivity index (χ0v) is 21.7. The van der Waals surface area contributed by atoms with Gasteiger partial charge in [0.25, 0.3) is 0 Å². The van der Waals surface area contributed by atoms with Gasteiger partial charge in [0.05, 0.1) is 11.9 Å². The molecule has 3 aromatic rings. The molecular formula is C27H31N3O5S. The fourth-order valence-corrected chi connectivity index (χ4v) is 4.45. The Morgan fingerprint density at radius 2 is 1.50 bits per heavy atom. The van der Waals surface area contributed by atoms with Crippen LogP contribution in [0, 0.1) is 6.92 Å². The van der Waals surface area contributed by atoms with Crippen LogP contribution in [0.4, 0.5) is 5.69 Å². The van der Waals surface area contributed by atoms with E-state index in [0.717, 1.165) is 21.7 Å². The third-order valence-electron chi connectivity index (χ3n) is 5.67. The molecule has 0 bridgehead atoms. The smallest absolute Gasteiger partial charge is 0.244 e. The van der Waals surface area contributed by atoms with Crippen molar-refractivity contribution in [2.45, 2.75) is 26.4 Å². The van der Waals surface area contributed by atoms with E-state index < -0.39 is 28.5 Å². The lowest BCUT2D eigenvalue weighted by Gasteiger charge is -2.31. The van der Waals surface area contributed by atoms with Crippen LogP contribution in [0.25, 0.3) is 0 Å². The lowest BCUT2D eigenvalue weighted by Crippen LogP contribution is -2.50. The van der Waals surface area contributed by atoms with Crippen molar-refractivity contribution in [2.75, 3.05) is 24.2 Å². The zero-order chi connectivity index (χ0) is 26.3. The third kappa shape index (κ3) is 7.08. The highest BCUT2D eigenvalue weighted by molar-refractivity contribution is 7.92. The molecule has 3 aromatic carbocycles. The number of aryl methyl sites for hydroxylation is 1. The van der Waals surface area contributed by atoms with E-state index in [1.54, 1.807) is 31.2 Å². The summed E-state index contributed by atoms with van der Waals surface area (Å²) in [5.74, 6) is 0.333. The molecule has 0 fully saturated rings. The summed E-state index contributed by atoms with van der Waals surface area (Å²) in [5, 5.41) is 2.56. The van der Waals surface area contributed by atoms with Gasteiger partial charge in [-0.3, -0.25) is 13.9 Å². The van der Waals surface area contributed by atoms with Gasteiger partial charge in [0.15, 0.2) is 0 Å². The Bertz CT molecular complexity index is 1280. The van der Waals surface area contributed by atoms with Crippen molar-refractivity contribution in [3.63, 3.8) is 0 Å². The van der Waals surface area contributed by atoms with Gasteiger partial charge in [-0.05, 0) is 55.8 Å². The summed E-state index contributed by atoms with van der Waals surface area (Å²) in [7, 11) is -2.31. The number of anilines is 1. The first kappa shape index (κ1) is 26.7. The number of carbonyl (C=O) groups excluding carboxylic acids is 2. The minimum Gasteiger partial charge on any atom is -0.457 e. The number of nitrogens with one attached hydrogen (secondary N) is 1. The van der Waals surface area contributed by atoms with Gasteiger partial charge in [-0.1, -0.05) is 48.0 Å². The number of hydrogen-bond acceptors (Lipinski definition) is 5. The molecule has 36 heavy (non-hydrogen) atoms. The number of amides is 2. The minimum atomic E-state index is -3.80. The Labute approximate surface area is 212 Å². The first-order valence-electron chi connectivity index (χ1n) is 11.5. The van der Waals surface area contributed by atoms with E-state index in [2.05, 4.69) is 5.32 Å². The summed E-state index contributed by atoms with van der Waals surface area (Å²) in [6.07, 6.45) is 1.04. The number of sulfonamides is 1. The molecule has 190 valence electrons. The van der Waals surface area contributed by atoms with E-state index in [1.165, 1.54) is 11.9 Å². The normalized spacial score (nSPS) is 11.9. The van der Waals surface area contributed by atoms with Crippen molar-refractivity contribution < 1.29 is 22.7 Å². The first-order valence-corrected chi connectivity index (χ1v) is 13.3. The van der Waals surface area contributed by atoms with Gasteiger partial charge in [-0.2, -0.15) is 0 Å². The number of para-hydroxylation sites is 1. The quantitative estimate of drug-likeness (QED) is 0.450. The molecule has 8 nitrogen and oxygen atoms in total. The number of nitrogens with zero attached hydrogens (tertiary/aromatic N) is 2. The average molecular weight is 510 g/mol. The fourth-order valence-electron chi connectivity index (χ4n) is 3.60. The largest absolute Gasteiger partial charge is 0.457 e. The van der Waals surface area contributed by atoms with Crippen molar-refractivity contribution >= 4 is 27.5 Å². The van der Waals surface area contributed by atoms with Gasteiger partial charge in [-0.25, -0.2) is 8.42 Å². The van der Waals surface area contributed by atoms with Crippen LogP contribution in [0.15, 0.2) is 78.9 Å². The monoisotopic (exact) mass is 509 g/mol. The van der Waals surface area contributed by atoms with Crippen molar-refractivity contribution in [2.24, 2.45) is 0 Å². The number of benzene rings is 3. The standard InChI is InChI=1S/C27H31N3O5S/c1-20-10-12-22(13-11-20)18-29(21(2)27(32)28-3)26(31)19-30(36(4,33)34)23-14-16-25(17-15-23)35-24-8-6-5-7-9-24/h5-17,21H,18-19H2,1-4H3,(H,28,32). The summed E-state index contributed by atoms with van der Waals surface area (Å²) >= 11 is 0. The lowest BCUT2D eigenvalue weighted by atomic mass is 10.1. The van der Waals surface area contributed by atoms with E-state index in [-0.39, 0.29) is 12.5 Å². The van der Waals surface area contributed by atoms with Crippen LogP contribution in [0.2, 0.25) is 0 Å². The second kappa shape index (κ2) is 11.7. The van der Waals surface area contributed by atoms with E-state index in [4.69, 9.17) is 4.74 Å². The molecule has 0 heterocycles. The van der Waals surface area contributed by atoms with Gasteiger partial charge in [0, 0.05) is 13.6 Å². The third-order valence-corrected chi connectivity index (χ3v) is 6.81. The van der Waals surface area contributed by atoms with Gasteiger partial charge in [0.2, 0.25) is 21.8 Å². The average Bonchev–Trinajstić information content (AvgIpc) is 2.86. The van der Waals surface area contributed by atoms with E-state index in [1.807, 2.05) is 61.5 Å². The zero-order valence-electron chi connectivity index (χ0n) is 20.8. The van der Waals surface area contributed by atoms with E-state index >= 15 is 0 Å². The van der Waals surface area contributed by atoms with Gasteiger partial charge >= 0.3 is 0 Å².